The number of nitrogens with one attached hydrogen (secondary N) is 1. The van der Waals surface area contributed by atoms with E-state index in [4.69, 9.17) is 0 Å². The summed E-state index contributed by atoms with van der Waals surface area (Å²) in [5.74, 6) is 0. The molecule has 1 heteroatoms. The summed E-state index contributed by atoms with van der Waals surface area (Å²) < 4.78 is 0. The van der Waals surface area contributed by atoms with Crippen LogP contribution in [0.5, 0.6) is 0 Å². The van der Waals surface area contributed by atoms with Crippen LogP contribution in [0.2, 0.25) is 0 Å². The van der Waals surface area contributed by atoms with Crippen molar-refractivity contribution in [1.82, 2.24) is 0 Å². The number of allylic oxidation sites excluding steroid dienone is 1. The van der Waals surface area contributed by atoms with Crippen LogP contribution in [0.15, 0.2) is 42.5 Å². The molecule has 0 heterocycles. The first kappa shape index (κ1) is 13.0. The first-order valence-electron chi connectivity index (χ1n) is 7.27. The van der Waals surface area contributed by atoms with Crippen molar-refractivity contribution in [3.63, 3.8) is 0 Å². The van der Waals surface area contributed by atoms with Gasteiger partial charge in [0.15, 0.2) is 0 Å². The van der Waals surface area contributed by atoms with E-state index in [1.165, 1.54) is 33.2 Å². The van der Waals surface area contributed by atoms with Gasteiger partial charge in [-0.3, -0.25) is 0 Å². The van der Waals surface area contributed by atoms with Crippen molar-refractivity contribution < 1.29 is 0 Å². The minimum atomic E-state index is 0.843. The van der Waals surface area contributed by atoms with Crippen molar-refractivity contribution in [3.05, 3.63) is 59.2 Å². The largest absolute Gasteiger partial charge is 0.381 e. The molecule has 1 aliphatic carbocycles. The fourth-order valence-corrected chi connectivity index (χ4v) is 3.06. The third-order valence-electron chi connectivity index (χ3n) is 4.04. The normalized spacial score (nSPS) is 13.3. The van der Waals surface area contributed by atoms with Crippen molar-refractivity contribution in [2.75, 3.05) is 11.9 Å². The Morgan fingerprint density at radius 2 is 2.00 bits per heavy atom. The third kappa shape index (κ3) is 2.14. The lowest BCUT2D eigenvalue weighted by Gasteiger charge is -2.22. The van der Waals surface area contributed by atoms with E-state index >= 15 is 0 Å². The molecule has 0 saturated carbocycles. The summed E-state index contributed by atoms with van der Waals surface area (Å²) in [5, 5.41) is 6.32. The van der Waals surface area contributed by atoms with Gasteiger partial charge in [0.2, 0.25) is 0 Å². The number of hydrogen-bond donors (Lipinski definition) is 1. The molecular weight excluding hydrogens is 242 g/mol. The lowest BCUT2D eigenvalue weighted by atomic mass is 9.87. The Bertz CT molecular complexity index is 707. The van der Waals surface area contributed by atoms with Crippen molar-refractivity contribution >= 4 is 22.5 Å². The first-order valence-corrected chi connectivity index (χ1v) is 7.27. The molecule has 0 bridgehead atoms. The standard InChI is InChI=1S/C19H21N/c1-13(2)12-20-19-14(3)15-8-4-5-9-16(15)17-10-6-7-11-18(17)19/h4-6,8-10,20H,1,7,11-12H2,2-3H3. The maximum absolute atomic E-state index is 4.00. The Morgan fingerprint density at radius 1 is 1.25 bits per heavy atom. The fraction of sp³-hybridized carbons (Fsp3) is 0.263. The Balaban J connectivity index is 2.25. The molecule has 0 amide bonds. The summed E-state index contributed by atoms with van der Waals surface area (Å²) >= 11 is 0. The van der Waals surface area contributed by atoms with Crippen LogP contribution in [0.3, 0.4) is 0 Å². The molecule has 0 saturated heterocycles. The lowest BCUT2D eigenvalue weighted by Crippen LogP contribution is -2.09. The van der Waals surface area contributed by atoms with E-state index in [2.05, 4.69) is 62.2 Å². The summed E-state index contributed by atoms with van der Waals surface area (Å²) in [5.41, 5.74) is 6.69. The highest BCUT2D eigenvalue weighted by atomic mass is 14.9. The molecule has 0 spiro atoms. The van der Waals surface area contributed by atoms with Crippen molar-refractivity contribution in [2.24, 2.45) is 0 Å². The molecule has 0 fully saturated rings. The van der Waals surface area contributed by atoms with Gasteiger partial charge in [0, 0.05) is 12.2 Å². The van der Waals surface area contributed by atoms with Crippen LogP contribution in [0.1, 0.15) is 30.0 Å². The van der Waals surface area contributed by atoms with E-state index in [0.29, 0.717) is 0 Å². The van der Waals surface area contributed by atoms with Gasteiger partial charge in [-0.1, -0.05) is 48.6 Å². The Morgan fingerprint density at radius 3 is 2.75 bits per heavy atom. The molecule has 1 N–H and O–H groups in total. The van der Waals surface area contributed by atoms with Gasteiger partial charge in [-0.2, -0.15) is 0 Å². The van der Waals surface area contributed by atoms with E-state index in [-0.39, 0.29) is 0 Å². The quantitative estimate of drug-likeness (QED) is 0.760. The predicted molar refractivity (Wildman–Crippen MR) is 89.3 cm³/mol. The van der Waals surface area contributed by atoms with E-state index in [1.54, 1.807) is 0 Å². The van der Waals surface area contributed by atoms with E-state index in [1.807, 2.05) is 0 Å². The van der Waals surface area contributed by atoms with Gasteiger partial charge in [-0.25, -0.2) is 0 Å². The SMILES string of the molecule is C=C(C)CNc1c2c(c3ccccc3c1C)C=CCC2. The van der Waals surface area contributed by atoms with Crippen LogP contribution >= 0.6 is 0 Å². The molecule has 0 aliphatic heterocycles. The average Bonchev–Trinajstić information content (AvgIpc) is 2.47. The number of anilines is 1. The van der Waals surface area contributed by atoms with Gasteiger partial charge >= 0.3 is 0 Å². The van der Waals surface area contributed by atoms with Crippen LogP contribution < -0.4 is 5.32 Å². The molecule has 0 atom stereocenters. The molecule has 2 aromatic carbocycles. The van der Waals surface area contributed by atoms with Crippen molar-refractivity contribution in [1.29, 1.82) is 0 Å². The average molecular weight is 263 g/mol. The van der Waals surface area contributed by atoms with Crippen molar-refractivity contribution in [2.45, 2.75) is 26.7 Å². The minimum absolute atomic E-state index is 0.843. The molecule has 0 unspecified atom stereocenters. The maximum atomic E-state index is 4.00. The summed E-state index contributed by atoms with van der Waals surface area (Å²) in [4.78, 5) is 0. The number of rotatable bonds is 3. The van der Waals surface area contributed by atoms with Crippen LogP contribution in [0.4, 0.5) is 5.69 Å². The second-order valence-electron chi connectivity index (χ2n) is 5.69. The predicted octanol–water partition coefficient (Wildman–Crippen LogP) is 5.10. The summed E-state index contributed by atoms with van der Waals surface area (Å²) in [6.45, 7) is 9.13. The van der Waals surface area contributed by atoms with E-state index in [0.717, 1.165) is 25.0 Å². The van der Waals surface area contributed by atoms with Crippen LogP contribution in [-0.4, -0.2) is 6.54 Å². The molecule has 2 aromatic rings. The second-order valence-corrected chi connectivity index (χ2v) is 5.69. The summed E-state index contributed by atoms with van der Waals surface area (Å²) in [7, 11) is 0. The summed E-state index contributed by atoms with van der Waals surface area (Å²) in [6, 6.07) is 8.71. The summed E-state index contributed by atoms with van der Waals surface area (Å²) in [6.07, 6.45) is 6.82. The van der Waals surface area contributed by atoms with Gasteiger partial charge in [-0.05, 0) is 54.2 Å². The number of fused-ring (bicyclic) bond motifs is 3. The third-order valence-corrected chi connectivity index (χ3v) is 4.04. The molecule has 0 radical (unpaired) electrons. The molecular formula is C19H21N. The van der Waals surface area contributed by atoms with Gasteiger partial charge in [0.05, 0.1) is 0 Å². The van der Waals surface area contributed by atoms with Gasteiger partial charge in [0.25, 0.3) is 0 Å². The Labute approximate surface area is 121 Å². The molecule has 1 nitrogen and oxygen atoms in total. The Kier molecular flexibility index (Phi) is 3.35. The van der Waals surface area contributed by atoms with E-state index in [9.17, 15) is 0 Å². The highest BCUT2D eigenvalue weighted by molar-refractivity contribution is 5.99. The van der Waals surface area contributed by atoms with Gasteiger partial charge in [0.1, 0.15) is 0 Å². The Hall–Kier alpha value is -2.02. The molecule has 3 rings (SSSR count). The smallest absolute Gasteiger partial charge is 0.0417 e. The lowest BCUT2D eigenvalue weighted by molar-refractivity contribution is 0.984. The first-order chi connectivity index (χ1) is 9.68. The minimum Gasteiger partial charge on any atom is -0.381 e. The van der Waals surface area contributed by atoms with Gasteiger partial charge < -0.3 is 5.32 Å². The zero-order valence-electron chi connectivity index (χ0n) is 12.3. The number of hydrogen-bond acceptors (Lipinski definition) is 1. The number of benzene rings is 2. The second kappa shape index (κ2) is 5.16. The topological polar surface area (TPSA) is 12.0 Å². The molecule has 102 valence electrons. The van der Waals surface area contributed by atoms with Gasteiger partial charge in [-0.15, -0.1) is 0 Å². The van der Waals surface area contributed by atoms with E-state index < -0.39 is 0 Å². The maximum Gasteiger partial charge on any atom is 0.0417 e. The highest BCUT2D eigenvalue weighted by Gasteiger charge is 2.16. The highest BCUT2D eigenvalue weighted by Crippen LogP contribution is 2.37. The zero-order valence-corrected chi connectivity index (χ0v) is 12.3. The van der Waals surface area contributed by atoms with Crippen LogP contribution in [-0.2, 0) is 6.42 Å². The fourth-order valence-electron chi connectivity index (χ4n) is 3.06. The van der Waals surface area contributed by atoms with Crippen molar-refractivity contribution in [3.8, 4) is 0 Å². The molecule has 0 aromatic heterocycles. The van der Waals surface area contributed by atoms with Crippen LogP contribution in [0, 0.1) is 6.92 Å². The molecule has 20 heavy (non-hydrogen) atoms. The number of aryl methyl sites for hydroxylation is 1. The van der Waals surface area contributed by atoms with Crippen LogP contribution in [0.25, 0.3) is 16.8 Å². The zero-order chi connectivity index (χ0) is 14.1. The monoisotopic (exact) mass is 263 g/mol. The molecule has 1 aliphatic rings.